The molecule has 3 aromatic rings. The van der Waals surface area contributed by atoms with Gasteiger partial charge in [-0.25, -0.2) is 9.59 Å². The smallest absolute Gasteiger partial charge is 0.344 e. The Hall–Kier alpha value is -3.28. The standard InChI is InChI=1S/C22H22O6/c1-13-5-8-18(19(9-13)25-4)26-12-21(24)27-11-16-10-20(23)28-22-15(3)14(2)6-7-17(16)22/h5-10H,11-12H2,1-4H3. The first-order valence-electron chi connectivity index (χ1n) is 8.85. The molecule has 0 saturated heterocycles. The zero-order valence-corrected chi connectivity index (χ0v) is 16.3. The van der Waals surface area contributed by atoms with E-state index in [1.807, 2.05) is 45.0 Å². The van der Waals surface area contributed by atoms with Gasteiger partial charge in [0, 0.05) is 17.0 Å². The van der Waals surface area contributed by atoms with Crippen LogP contribution in [0, 0.1) is 20.8 Å². The van der Waals surface area contributed by atoms with Crippen molar-refractivity contribution >= 4 is 16.9 Å². The molecule has 0 bridgehead atoms. The number of fused-ring (bicyclic) bond motifs is 1. The van der Waals surface area contributed by atoms with E-state index in [0.29, 0.717) is 22.6 Å². The largest absolute Gasteiger partial charge is 0.493 e. The van der Waals surface area contributed by atoms with E-state index in [9.17, 15) is 9.59 Å². The maximum Gasteiger partial charge on any atom is 0.344 e. The molecule has 0 aliphatic rings. The fourth-order valence-corrected chi connectivity index (χ4v) is 2.87. The quantitative estimate of drug-likeness (QED) is 0.476. The third kappa shape index (κ3) is 4.17. The summed E-state index contributed by atoms with van der Waals surface area (Å²) in [4.78, 5) is 24.0. The Labute approximate surface area is 162 Å². The number of ether oxygens (including phenoxy) is 3. The van der Waals surface area contributed by atoms with Crippen molar-refractivity contribution in [2.75, 3.05) is 13.7 Å². The van der Waals surface area contributed by atoms with E-state index in [1.54, 1.807) is 6.07 Å². The molecule has 0 spiro atoms. The number of esters is 1. The lowest BCUT2D eigenvalue weighted by Gasteiger charge is -2.12. The van der Waals surface area contributed by atoms with Crippen molar-refractivity contribution in [1.82, 2.24) is 0 Å². The summed E-state index contributed by atoms with van der Waals surface area (Å²) in [7, 11) is 1.54. The highest BCUT2D eigenvalue weighted by Crippen LogP contribution is 2.28. The van der Waals surface area contributed by atoms with Gasteiger partial charge in [-0.2, -0.15) is 0 Å². The van der Waals surface area contributed by atoms with Crippen molar-refractivity contribution < 1.29 is 23.4 Å². The van der Waals surface area contributed by atoms with Crippen LogP contribution in [0.5, 0.6) is 11.5 Å². The van der Waals surface area contributed by atoms with E-state index in [0.717, 1.165) is 22.1 Å². The van der Waals surface area contributed by atoms with Crippen LogP contribution in [-0.4, -0.2) is 19.7 Å². The van der Waals surface area contributed by atoms with Crippen LogP contribution < -0.4 is 15.1 Å². The second-order valence-corrected chi connectivity index (χ2v) is 6.58. The predicted octanol–water partition coefficient (Wildman–Crippen LogP) is 3.85. The van der Waals surface area contributed by atoms with Gasteiger partial charge in [0.1, 0.15) is 12.2 Å². The molecule has 0 atom stereocenters. The normalized spacial score (nSPS) is 10.7. The van der Waals surface area contributed by atoms with Crippen LogP contribution in [0.15, 0.2) is 45.6 Å². The molecule has 28 heavy (non-hydrogen) atoms. The number of rotatable bonds is 6. The van der Waals surface area contributed by atoms with Crippen LogP contribution in [0.4, 0.5) is 0 Å². The van der Waals surface area contributed by atoms with E-state index in [2.05, 4.69) is 0 Å². The minimum absolute atomic E-state index is 0.0438. The molecule has 0 unspecified atom stereocenters. The average molecular weight is 382 g/mol. The monoisotopic (exact) mass is 382 g/mol. The Morgan fingerprint density at radius 1 is 1.04 bits per heavy atom. The van der Waals surface area contributed by atoms with Crippen molar-refractivity contribution in [3.05, 3.63) is 69.1 Å². The summed E-state index contributed by atoms with van der Waals surface area (Å²) >= 11 is 0. The van der Waals surface area contributed by atoms with Gasteiger partial charge in [-0.05, 0) is 49.6 Å². The molecular formula is C22H22O6. The van der Waals surface area contributed by atoms with Gasteiger partial charge in [-0.3, -0.25) is 0 Å². The van der Waals surface area contributed by atoms with E-state index >= 15 is 0 Å². The molecule has 0 aliphatic carbocycles. The molecule has 1 aromatic heterocycles. The second kappa shape index (κ2) is 8.17. The van der Waals surface area contributed by atoms with E-state index in [1.165, 1.54) is 13.2 Å². The minimum Gasteiger partial charge on any atom is -0.493 e. The molecule has 1 heterocycles. The maximum absolute atomic E-state index is 12.1. The van der Waals surface area contributed by atoms with E-state index in [-0.39, 0.29) is 13.2 Å². The summed E-state index contributed by atoms with van der Waals surface area (Å²) < 4.78 is 21.4. The molecule has 0 radical (unpaired) electrons. The van der Waals surface area contributed by atoms with Gasteiger partial charge in [0.15, 0.2) is 18.1 Å². The number of carbonyl (C=O) groups excluding carboxylic acids is 1. The van der Waals surface area contributed by atoms with Gasteiger partial charge in [0.2, 0.25) is 0 Å². The topological polar surface area (TPSA) is 75.0 Å². The maximum atomic E-state index is 12.1. The fourth-order valence-electron chi connectivity index (χ4n) is 2.87. The number of hydrogen-bond acceptors (Lipinski definition) is 6. The molecule has 6 nitrogen and oxygen atoms in total. The van der Waals surface area contributed by atoms with Crippen molar-refractivity contribution in [3.8, 4) is 11.5 Å². The Kier molecular flexibility index (Phi) is 5.68. The van der Waals surface area contributed by atoms with Gasteiger partial charge in [0.25, 0.3) is 0 Å². The first-order chi connectivity index (χ1) is 13.4. The van der Waals surface area contributed by atoms with Gasteiger partial charge in [-0.15, -0.1) is 0 Å². The van der Waals surface area contributed by atoms with Gasteiger partial charge >= 0.3 is 11.6 Å². The van der Waals surface area contributed by atoms with Crippen molar-refractivity contribution in [2.45, 2.75) is 27.4 Å². The lowest BCUT2D eigenvalue weighted by molar-refractivity contribution is -0.147. The lowest BCUT2D eigenvalue weighted by Crippen LogP contribution is -2.16. The van der Waals surface area contributed by atoms with Crippen LogP contribution in [-0.2, 0) is 16.1 Å². The van der Waals surface area contributed by atoms with Crippen LogP contribution in [0.1, 0.15) is 22.3 Å². The fraction of sp³-hybridized carbons (Fsp3) is 0.273. The molecule has 3 rings (SSSR count). The molecule has 2 aromatic carbocycles. The Bertz CT molecular complexity index is 1080. The predicted molar refractivity (Wildman–Crippen MR) is 105 cm³/mol. The third-order valence-corrected chi connectivity index (χ3v) is 4.57. The van der Waals surface area contributed by atoms with Crippen molar-refractivity contribution in [3.63, 3.8) is 0 Å². The van der Waals surface area contributed by atoms with Gasteiger partial charge < -0.3 is 18.6 Å². The zero-order valence-electron chi connectivity index (χ0n) is 16.3. The number of carbonyl (C=O) groups is 1. The minimum atomic E-state index is -0.548. The number of methoxy groups -OCH3 is 1. The highest BCUT2D eigenvalue weighted by atomic mass is 16.6. The van der Waals surface area contributed by atoms with Gasteiger partial charge in [0.05, 0.1) is 7.11 Å². The summed E-state index contributed by atoms with van der Waals surface area (Å²) in [5.74, 6) is 0.458. The third-order valence-electron chi connectivity index (χ3n) is 4.57. The Balaban J connectivity index is 1.70. The highest BCUT2D eigenvalue weighted by molar-refractivity contribution is 5.84. The Morgan fingerprint density at radius 3 is 2.57 bits per heavy atom. The van der Waals surface area contributed by atoms with Crippen LogP contribution in [0.2, 0.25) is 0 Å². The summed E-state index contributed by atoms with van der Waals surface area (Å²) in [6.45, 7) is 5.45. The summed E-state index contributed by atoms with van der Waals surface area (Å²) in [5.41, 5.74) is 3.55. The summed E-state index contributed by atoms with van der Waals surface area (Å²) in [6.07, 6.45) is 0. The first-order valence-corrected chi connectivity index (χ1v) is 8.85. The van der Waals surface area contributed by atoms with E-state index in [4.69, 9.17) is 18.6 Å². The van der Waals surface area contributed by atoms with Crippen LogP contribution >= 0.6 is 0 Å². The average Bonchev–Trinajstić information content (AvgIpc) is 2.68. The lowest BCUT2D eigenvalue weighted by atomic mass is 10.0. The molecule has 6 heteroatoms. The zero-order chi connectivity index (χ0) is 20.3. The summed E-state index contributed by atoms with van der Waals surface area (Å²) in [6, 6.07) is 10.6. The number of benzene rings is 2. The van der Waals surface area contributed by atoms with Crippen LogP contribution in [0.25, 0.3) is 11.0 Å². The first kappa shape index (κ1) is 19.5. The summed E-state index contributed by atoms with van der Waals surface area (Å²) in [5, 5.41) is 0.747. The van der Waals surface area contributed by atoms with Gasteiger partial charge in [-0.1, -0.05) is 18.2 Å². The molecule has 0 aliphatic heterocycles. The van der Waals surface area contributed by atoms with Crippen LogP contribution in [0.3, 0.4) is 0 Å². The molecule has 0 N–H and O–H groups in total. The molecular weight excluding hydrogens is 360 g/mol. The molecule has 0 fully saturated rings. The number of hydrogen-bond donors (Lipinski definition) is 0. The highest BCUT2D eigenvalue weighted by Gasteiger charge is 2.13. The Morgan fingerprint density at radius 2 is 1.82 bits per heavy atom. The second-order valence-electron chi connectivity index (χ2n) is 6.58. The SMILES string of the molecule is COc1cc(C)ccc1OCC(=O)OCc1cc(=O)oc2c(C)c(C)ccc12. The van der Waals surface area contributed by atoms with Crippen molar-refractivity contribution in [1.29, 1.82) is 0 Å². The molecule has 146 valence electrons. The number of aryl methyl sites for hydroxylation is 3. The molecule has 0 amide bonds. The molecule has 0 saturated carbocycles. The van der Waals surface area contributed by atoms with Crippen molar-refractivity contribution in [2.24, 2.45) is 0 Å². The van der Waals surface area contributed by atoms with E-state index < -0.39 is 11.6 Å².